The van der Waals surface area contributed by atoms with Gasteiger partial charge in [0.1, 0.15) is 24.1 Å². The summed E-state index contributed by atoms with van der Waals surface area (Å²) in [4.78, 5) is 13.9. The van der Waals surface area contributed by atoms with Crippen molar-refractivity contribution in [2.75, 3.05) is 31.8 Å². The van der Waals surface area contributed by atoms with Crippen LogP contribution in [0.25, 0.3) is 0 Å². The third-order valence-electron chi connectivity index (χ3n) is 5.08. The zero-order chi connectivity index (χ0) is 18.5. The van der Waals surface area contributed by atoms with Crippen molar-refractivity contribution < 1.29 is 29.2 Å². The van der Waals surface area contributed by atoms with E-state index in [9.17, 15) is 15.0 Å². The minimum absolute atomic E-state index is 0.0175. The van der Waals surface area contributed by atoms with Gasteiger partial charge in [-0.25, -0.2) is 0 Å². The van der Waals surface area contributed by atoms with Crippen LogP contribution in [0.3, 0.4) is 0 Å². The fraction of sp³-hybridized carbons (Fsp3) is 0.526. The standard InChI is InChI=1S/C19H21NO6/c1-11-8-24-15-4-3-12(7-13(15)20(2)18(11)22)5-6-19(23)10-26-16-14(21)9-25-17(16)19/h3-4,7,11,14,16-17,21,23H,8-10H2,1-2H3/t11-,14-,16+,17-,19+/m0/s1. The summed E-state index contributed by atoms with van der Waals surface area (Å²) < 4.78 is 16.6. The van der Waals surface area contributed by atoms with Gasteiger partial charge in [0.15, 0.2) is 5.60 Å². The van der Waals surface area contributed by atoms with Gasteiger partial charge in [0.25, 0.3) is 0 Å². The number of ether oxygens (including phenoxy) is 3. The van der Waals surface area contributed by atoms with Crippen LogP contribution in [-0.2, 0) is 14.3 Å². The van der Waals surface area contributed by atoms with E-state index in [1.54, 1.807) is 30.1 Å². The molecule has 1 amide bonds. The van der Waals surface area contributed by atoms with E-state index in [-0.39, 0.29) is 25.0 Å². The number of carbonyl (C=O) groups excluding carboxylic acids is 1. The smallest absolute Gasteiger partial charge is 0.233 e. The molecule has 1 aromatic carbocycles. The molecule has 0 aliphatic carbocycles. The van der Waals surface area contributed by atoms with Crippen molar-refractivity contribution in [3.8, 4) is 17.6 Å². The third kappa shape index (κ3) is 2.75. The second-order valence-electron chi connectivity index (χ2n) is 7.06. The van der Waals surface area contributed by atoms with Crippen LogP contribution in [0.1, 0.15) is 12.5 Å². The normalized spacial score (nSPS) is 35.8. The topological polar surface area (TPSA) is 88.5 Å². The highest BCUT2D eigenvalue weighted by molar-refractivity contribution is 5.96. The highest BCUT2D eigenvalue weighted by Crippen LogP contribution is 2.35. The van der Waals surface area contributed by atoms with Gasteiger partial charge < -0.3 is 29.3 Å². The second-order valence-corrected chi connectivity index (χ2v) is 7.06. The molecule has 0 aromatic heterocycles. The lowest BCUT2D eigenvalue weighted by molar-refractivity contribution is -0.122. The number of carbonyl (C=O) groups is 1. The lowest BCUT2D eigenvalue weighted by atomic mass is 9.96. The molecular weight excluding hydrogens is 338 g/mol. The van der Waals surface area contributed by atoms with Crippen LogP contribution in [0.5, 0.6) is 5.75 Å². The number of hydrogen-bond donors (Lipinski definition) is 2. The lowest BCUT2D eigenvalue weighted by Crippen LogP contribution is -2.42. The molecular formula is C19H21NO6. The maximum Gasteiger partial charge on any atom is 0.233 e. The molecule has 0 saturated carbocycles. The number of benzene rings is 1. The summed E-state index contributed by atoms with van der Waals surface area (Å²) in [5.74, 6) is 6.14. The molecule has 138 valence electrons. The first-order valence-corrected chi connectivity index (χ1v) is 8.60. The predicted octanol–water partition coefficient (Wildman–Crippen LogP) is -0.0810. The van der Waals surface area contributed by atoms with Gasteiger partial charge in [0, 0.05) is 12.6 Å². The van der Waals surface area contributed by atoms with Crippen LogP contribution in [0.2, 0.25) is 0 Å². The van der Waals surface area contributed by atoms with Crippen LogP contribution in [-0.4, -0.2) is 66.9 Å². The highest BCUT2D eigenvalue weighted by Gasteiger charge is 2.55. The fourth-order valence-corrected chi connectivity index (χ4v) is 3.51. The van der Waals surface area contributed by atoms with E-state index < -0.39 is 23.9 Å². The molecule has 5 atom stereocenters. The maximum absolute atomic E-state index is 12.3. The summed E-state index contributed by atoms with van der Waals surface area (Å²) in [6.07, 6.45) is -1.97. The number of nitrogens with zero attached hydrogens (tertiary/aromatic N) is 1. The lowest BCUT2D eigenvalue weighted by Gasteiger charge is -2.20. The Bertz CT molecular complexity index is 799. The minimum atomic E-state index is -1.47. The first kappa shape index (κ1) is 17.3. The van der Waals surface area contributed by atoms with Gasteiger partial charge in [0.05, 0.1) is 31.4 Å². The van der Waals surface area contributed by atoms with Crippen LogP contribution in [0.4, 0.5) is 5.69 Å². The van der Waals surface area contributed by atoms with E-state index in [4.69, 9.17) is 14.2 Å². The summed E-state index contributed by atoms with van der Waals surface area (Å²) in [5, 5.41) is 20.5. The molecule has 0 bridgehead atoms. The molecule has 0 radical (unpaired) electrons. The van der Waals surface area contributed by atoms with Crippen molar-refractivity contribution >= 4 is 11.6 Å². The Morgan fingerprint density at radius 2 is 2.12 bits per heavy atom. The van der Waals surface area contributed by atoms with E-state index in [2.05, 4.69) is 11.8 Å². The highest BCUT2D eigenvalue weighted by atomic mass is 16.6. The van der Waals surface area contributed by atoms with E-state index in [0.717, 1.165) is 0 Å². The first-order valence-electron chi connectivity index (χ1n) is 8.60. The van der Waals surface area contributed by atoms with Crippen LogP contribution in [0, 0.1) is 17.8 Å². The van der Waals surface area contributed by atoms with Crippen molar-refractivity contribution in [2.24, 2.45) is 5.92 Å². The average Bonchev–Trinajstić information content (AvgIpc) is 3.15. The van der Waals surface area contributed by atoms with Crippen LogP contribution >= 0.6 is 0 Å². The van der Waals surface area contributed by atoms with Gasteiger partial charge in [-0.15, -0.1) is 0 Å². The molecule has 0 unspecified atom stereocenters. The maximum atomic E-state index is 12.3. The van der Waals surface area contributed by atoms with Crippen molar-refractivity contribution in [3.05, 3.63) is 23.8 Å². The van der Waals surface area contributed by atoms with E-state index in [0.29, 0.717) is 23.6 Å². The summed E-state index contributed by atoms with van der Waals surface area (Å²) in [7, 11) is 1.71. The Kier molecular flexibility index (Phi) is 4.16. The monoisotopic (exact) mass is 359 g/mol. The Balaban J connectivity index is 1.62. The molecule has 26 heavy (non-hydrogen) atoms. The van der Waals surface area contributed by atoms with Gasteiger partial charge in [0.2, 0.25) is 5.91 Å². The first-order chi connectivity index (χ1) is 12.4. The average molecular weight is 359 g/mol. The minimum Gasteiger partial charge on any atom is -0.491 e. The van der Waals surface area contributed by atoms with Gasteiger partial charge in [-0.3, -0.25) is 4.79 Å². The zero-order valence-corrected chi connectivity index (χ0v) is 14.6. The van der Waals surface area contributed by atoms with Crippen LogP contribution < -0.4 is 9.64 Å². The quantitative estimate of drug-likeness (QED) is 0.630. The molecule has 7 nitrogen and oxygen atoms in total. The molecule has 2 saturated heterocycles. The number of amides is 1. The number of fused-ring (bicyclic) bond motifs is 2. The zero-order valence-electron chi connectivity index (χ0n) is 14.6. The summed E-state index contributed by atoms with van der Waals surface area (Å²) in [5.41, 5.74) is -0.190. The summed E-state index contributed by atoms with van der Waals surface area (Å²) >= 11 is 0. The largest absolute Gasteiger partial charge is 0.491 e. The molecule has 3 heterocycles. The number of hydrogen-bond acceptors (Lipinski definition) is 6. The van der Waals surface area contributed by atoms with E-state index in [1.807, 2.05) is 6.92 Å². The van der Waals surface area contributed by atoms with Crippen molar-refractivity contribution in [1.82, 2.24) is 0 Å². The van der Waals surface area contributed by atoms with Gasteiger partial charge in [-0.2, -0.15) is 0 Å². The number of aliphatic hydroxyl groups is 2. The van der Waals surface area contributed by atoms with E-state index >= 15 is 0 Å². The molecule has 2 N–H and O–H groups in total. The number of aliphatic hydroxyl groups excluding tert-OH is 1. The Hall–Kier alpha value is -2.11. The Labute approximate surface area is 151 Å². The van der Waals surface area contributed by atoms with Crippen molar-refractivity contribution in [1.29, 1.82) is 0 Å². The predicted molar refractivity (Wildman–Crippen MR) is 91.8 cm³/mol. The summed E-state index contributed by atoms with van der Waals surface area (Å²) in [6.45, 7) is 2.27. The van der Waals surface area contributed by atoms with Gasteiger partial charge in [-0.05, 0) is 18.2 Å². The van der Waals surface area contributed by atoms with Crippen molar-refractivity contribution in [2.45, 2.75) is 30.8 Å². The SMILES string of the molecule is C[C@H]1COc2ccc(C#C[C@@]3(O)CO[C@@H]4[C@@H](O)CO[C@@H]43)cc2N(C)C1=O. The molecule has 1 aromatic rings. The molecule has 4 rings (SSSR count). The second kappa shape index (κ2) is 6.25. The fourth-order valence-electron chi connectivity index (χ4n) is 3.51. The number of rotatable bonds is 0. The van der Waals surface area contributed by atoms with Crippen molar-refractivity contribution in [3.63, 3.8) is 0 Å². The summed E-state index contributed by atoms with van der Waals surface area (Å²) in [6, 6.07) is 5.31. The van der Waals surface area contributed by atoms with Crippen LogP contribution in [0.15, 0.2) is 18.2 Å². The van der Waals surface area contributed by atoms with E-state index in [1.165, 1.54) is 0 Å². The Morgan fingerprint density at radius 1 is 1.31 bits per heavy atom. The molecule has 0 spiro atoms. The Morgan fingerprint density at radius 3 is 2.92 bits per heavy atom. The number of anilines is 1. The molecule has 2 fully saturated rings. The third-order valence-corrected chi connectivity index (χ3v) is 5.08. The van der Waals surface area contributed by atoms with Gasteiger partial charge in [-0.1, -0.05) is 18.8 Å². The molecule has 3 aliphatic rings. The van der Waals surface area contributed by atoms with Gasteiger partial charge >= 0.3 is 0 Å². The molecule has 7 heteroatoms. The molecule has 3 aliphatic heterocycles.